The third-order valence-electron chi connectivity index (χ3n) is 2.13. The molecule has 5 nitrogen and oxygen atoms in total. The van der Waals surface area contributed by atoms with Crippen LogP contribution in [0.4, 0.5) is 5.82 Å². The molecule has 82 valence electrons. The first kappa shape index (κ1) is 10.5. The van der Waals surface area contributed by atoms with Crippen molar-refractivity contribution in [1.82, 2.24) is 19.9 Å². The minimum absolute atomic E-state index is 0.606. The highest BCUT2D eigenvalue weighted by atomic mass is 15.0. The summed E-state index contributed by atoms with van der Waals surface area (Å²) < 4.78 is 0. The van der Waals surface area contributed by atoms with Crippen LogP contribution in [0.3, 0.4) is 0 Å². The van der Waals surface area contributed by atoms with E-state index < -0.39 is 0 Å². The summed E-state index contributed by atoms with van der Waals surface area (Å²) in [5, 5.41) is 2.98. The van der Waals surface area contributed by atoms with E-state index in [4.69, 9.17) is 0 Å². The average molecular weight is 215 g/mol. The Labute approximate surface area is 94.0 Å². The highest BCUT2D eigenvalue weighted by Gasteiger charge is 2.10. The standard InChI is InChI=1S/C11H13N5/c1-7-6-8(2)16-11(15-7)9-10(12-3)14-5-4-13-9/h4-6H,1-3H3,(H,12,14). The molecule has 0 aliphatic heterocycles. The maximum absolute atomic E-state index is 4.36. The number of aromatic nitrogens is 4. The summed E-state index contributed by atoms with van der Waals surface area (Å²) in [7, 11) is 1.80. The van der Waals surface area contributed by atoms with Gasteiger partial charge in [-0.3, -0.25) is 0 Å². The van der Waals surface area contributed by atoms with Crippen molar-refractivity contribution >= 4 is 5.82 Å². The Balaban J connectivity index is 2.58. The first-order valence-electron chi connectivity index (χ1n) is 5.02. The molecule has 5 heteroatoms. The van der Waals surface area contributed by atoms with Crippen LogP contribution < -0.4 is 5.32 Å². The smallest absolute Gasteiger partial charge is 0.182 e. The quantitative estimate of drug-likeness (QED) is 0.824. The first-order chi connectivity index (χ1) is 7.70. The van der Waals surface area contributed by atoms with E-state index in [1.807, 2.05) is 19.9 Å². The zero-order valence-electron chi connectivity index (χ0n) is 9.52. The number of nitrogens with one attached hydrogen (secondary N) is 1. The van der Waals surface area contributed by atoms with E-state index in [2.05, 4.69) is 25.3 Å². The fourth-order valence-electron chi connectivity index (χ4n) is 1.52. The van der Waals surface area contributed by atoms with Gasteiger partial charge in [0.15, 0.2) is 11.6 Å². The lowest BCUT2D eigenvalue weighted by Crippen LogP contribution is -2.02. The van der Waals surface area contributed by atoms with E-state index in [-0.39, 0.29) is 0 Å². The molecule has 0 aliphatic rings. The van der Waals surface area contributed by atoms with Gasteiger partial charge in [-0.15, -0.1) is 0 Å². The average Bonchev–Trinajstić information content (AvgIpc) is 2.27. The van der Waals surface area contributed by atoms with Crippen LogP contribution in [0, 0.1) is 13.8 Å². The highest BCUT2D eigenvalue weighted by Crippen LogP contribution is 2.19. The Bertz CT molecular complexity index is 489. The summed E-state index contributed by atoms with van der Waals surface area (Å²) >= 11 is 0. The summed E-state index contributed by atoms with van der Waals surface area (Å²) in [6.07, 6.45) is 3.27. The predicted molar refractivity (Wildman–Crippen MR) is 62.1 cm³/mol. The van der Waals surface area contributed by atoms with E-state index in [9.17, 15) is 0 Å². The summed E-state index contributed by atoms with van der Waals surface area (Å²) in [4.78, 5) is 17.1. The SMILES string of the molecule is CNc1nccnc1-c1nc(C)cc(C)n1. The van der Waals surface area contributed by atoms with Crippen LogP contribution in [0.25, 0.3) is 11.5 Å². The molecular formula is C11H13N5. The zero-order chi connectivity index (χ0) is 11.5. The van der Waals surface area contributed by atoms with Crippen molar-refractivity contribution in [2.24, 2.45) is 0 Å². The fourth-order valence-corrected chi connectivity index (χ4v) is 1.52. The lowest BCUT2D eigenvalue weighted by atomic mass is 10.3. The van der Waals surface area contributed by atoms with Crippen molar-refractivity contribution in [2.75, 3.05) is 12.4 Å². The van der Waals surface area contributed by atoms with Gasteiger partial charge >= 0.3 is 0 Å². The molecule has 0 amide bonds. The van der Waals surface area contributed by atoms with Gasteiger partial charge in [0.05, 0.1) is 0 Å². The first-order valence-corrected chi connectivity index (χ1v) is 5.02. The number of aryl methyl sites for hydroxylation is 2. The Morgan fingerprint density at radius 3 is 2.25 bits per heavy atom. The second-order valence-electron chi connectivity index (χ2n) is 3.48. The summed E-state index contributed by atoms with van der Waals surface area (Å²) in [5.74, 6) is 1.29. The number of nitrogens with zero attached hydrogens (tertiary/aromatic N) is 4. The predicted octanol–water partition coefficient (Wildman–Crippen LogP) is 1.59. The number of hydrogen-bond donors (Lipinski definition) is 1. The van der Waals surface area contributed by atoms with Crippen molar-refractivity contribution in [2.45, 2.75) is 13.8 Å². The molecule has 2 heterocycles. The van der Waals surface area contributed by atoms with Gasteiger partial charge in [0.25, 0.3) is 0 Å². The third kappa shape index (κ3) is 1.98. The molecule has 0 radical (unpaired) electrons. The lowest BCUT2D eigenvalue weighted by molar-refractivity contribution is 1.04. The van der Waals surface area contributed by atoms with Gasteiger partial charge in [0, 0.05) is 30.8 Å². The molecule has 0 bridgehead atoms. The molecule has 0 aliphatic carbocycles. The normalized spacial score (nSPS) is 10.2. The Morgan fingerprint density at radius 1 is 1.00 bits per heavy atom. The van der Waals surface area contributed by atoms with Crippen LogP contribution in [0.15, 0.2) is 18.5 Å². The lowest BCUT2D eigenvalue weighted by Gasteiger charge is -2.06. The van der Waals surface area contributed by atoms with E-state index in [1.165, 1.54) is 0 Å². The summed E-state index contributed by atoms with van der Waals surface area (Å²) in [5.41, 5.74) is 2.53. The second-order valence-corrected chi connectivity index (χ2v) is 3.48. The molecule has 0 saturated carbocycles. The van der Waals surface area contributed by atoms with Crippen molar-refractivity contribution in [3.05, 3.63) is 29.8 Å². The van der Waals surface area contributed by atoms with Gasteiger partial charge < -0.3 is 5.32 Å². The van der Waals surface area contributed by atoms with Crippen molar-refractivity contribution in [3.8, 4) is 11.5 Å². The number of anilines is 1. The van der Waals surface area contributed by atoms with Crippen molar-refractivity contribution in [3.63, 3.8) is 0 Å². The minimum Gasteiger partial charge on any atom is -0.371 e. The summed E-state index contributed by atoms with van der Waals surface area (Å²) in [6.45, 7) is 3.88. The van der Waals surface area contributed by atoms with Gasteiger partial charge in [0.2, 0.25) is 0 Å². The fraction of sp³-hybridized carbons (Fsp3) is 0.273. The molecule has 2 aromatic rings. The monoisotopic (exact) mass is 215 g/mol. The van der Waals surface area contributed by atoms with Gasteiger partial charge in [-0.1, -0.05) is 0 Å². The molecule has 1 N–H and O–H groups in total. The molecule has 0 unspecified atom stereocenters. The van der Waals surface area contributed by atoms with Crippen LogP contribution in [-0.4, -0.2) is 27.0 Å². The van der Waals surface area contributed by atoms with Crippen LogP contribution in [0.2, 0.25) is 0 Å². The Hall–Kier alpha value is -2.04. The molecular weight excluding hydrogens is 202 g/mol. The maximum Gasteiger partial charge on any atom is 0.182 e. The molecule has 16 heavy (non-hydrogen) atoms. The molecule has 2 rings (SSSR count). The highest BCUT2D eigenvalue weighted by molar-refractivity contribution is 5.65. The molecule has 0 fully saturated rings. The van der Waals surface area contributed by atoms with E-state index in [0.29, 0.717) is 17.3 Å². The third-order valence-corrected chi connectivity index (χ3v) is 2.13. The topological polar surface area (TPSA) is 63.6 Å². The molecule has 2 aromatic heterocycles. The van der Waals surface area contributed by atoms with Gasteiger partial charge in [-0.25, -0.2) is 19.9 Å². The van der Waals surface area contributed by atoms with Crippen LogP contribution in [-0.2, 0) is 0 Å². The van der Waals surface area contributed by atoms with Crippen LogP contribution in [0.5, 0.6) is 0 Å². The van der Waals surface area contributed by atoms with Crippen molar-refractivity contribution in [1.29, 1.82) is 0 Å². The summed E-state index contributed by atoms with van der Waals surface area (Å²) in [6, 6.07) is 1.93. The molecule has 0 spiro atoms. The van der Waals surface area contributed by atoms with Crippen LogP contribution >= 0.6 is 0 Å². The van der Waals surface area contributed by atoms with Crippen molar-refractivity contribution < 1.29 is 0 Å². The Kier molecular flexibility index (Phi) is 2.76. The van der Waals surface area contributed by atoms with Crippen LogP contribution in [0.1, 0.15) is 11.4 Å². The maximum atomic E-state index is 4.36. The van der Waals surface area contributed by atoms with E-state index >= 15 is 0 Å². The number of rotatable bonds is 2. The second kappa shape index (κ2) is 4.22. The molecule has 0 saturated heterocycles. The Morgan fingerprint density at radius 2 is 1.62 bits per heavy atom. The van der Waals surface area contributed by atoms with Gasteiger partial charge in [-0.05, 0) is 19.9 Å². The largest absolute Gasteiger partial charge is 0.371 e. The zero-order valence-corrected chi connectivity index (χ0v) is 9.52. The minimum atomic E-state index is 0.606. The molecule has 0 aromatic carbocycles. The van der Waals surface area contributed by atoms with Gasteiger partial charge in [0.1, 0.15) is 5.69 Å². The molecule has 0 atom stereocenters. The van der Waals surface area contributed by atoms with E-state index in [1.54, 1.807) is 19.4 Å². The number of hydrogen-bond acceptors (Lipinski definition) is 5. The van der Waals surface area contributed by atoms with Gasteiger partial charge in [-0.2, -0.15) is 0 Å². The van der Waals surface area contributed by atoms with E-state index in [0.717, 1.165) is 11.4 Å².